The summed E-state index contributed by atoms with van der Waals surface area (Å²) in [5, 5.41) is 12.0. The molecule has 4 aromatic rings. The van der Waals surface area contributed by atoms with Gasteiger partial charge in [-0.1, -0.05) is 74.6 Å². The van der Waals surface area contributed by atoms with Crippen LogP contribution in [0.25, 0.3) is 6.08 Å². The number of aryl methyl sites for hydroxylation is 1. The number of fused-ring (bicyclic) bond motifs is 1. The van der Waals surface area contributed by atoms with E-state index >= 15 is 0 Å². The Morgan fingerprint density at radius 1 is 1.17 bits per heavy atom. The van der Waals surface area contributed by atoms with Gasteiger partial charge < -0.3 is 9.72 Å². The number of esters is 1. The van der Waals surface area contributed by atoms with Crippen molar-refractivity contribution >= 4 is 40.8 Å². The van der Waals surface area contributed by atoms with Gasteiger partial charge in [0, 0.05) is 28.8 Å². The molecular formula is C33H33N5O6S2. The number of benzene rings is 2. The third kappa shape index (κ3) is 6.80. The molecule has 1 atom stereocenters. The Balaban J connectivity index is 1.74. The minimum absolute atomic E-state index is 0.160. The van der Waals surface area contributed by atoms with Crippen LogP contribution in [0.5, 0.6) is 0 Å². The lowest BCUT2D eigenvalue weighted by Crippen LogP contribution is -2.40. The molecule has 2 aromatic carbocycles. The molecule has 5 rings (SSSR count). The summed E-state index contributed by atoms with van der Waals surface area (Å²) in [5.41, 5.74) is 2.77. The Morgan fingerprint density at radius 2 is 1.91 bits per heavy atom. The number of ether oxygens (including phenoxy) is 1. The standard InChI is InChI=1S/C33H33N5O6S2/c1-6-8-24-28(31(41)44-7-2)29(21-11-9-20(10-12-21)18(3)4)37-30(40)26(46-33(37)35-24)17-22-16-23(38(42)43)13-14-25(22)45-32-34-19(5)15-27(39)36-32/h9-18,29H,6-8H2,1-5H3,(H,34,36,39)/b26-17+/t29-/m0/s1. The van der Waals surface area contributed by atoms with Crippen LogP contribution in [0, 0.1) is 17.0 Å². The molecule has 1 N–H and O–H groups in total. The summed E-state index contributed by atoms with van der Waals surface area (Å²) < 4.78 is 7.26. The molecule has 0 spiro atoms. The van der Waals surface area contributed by atoms with E-state index in [2.05, 4.69) is 23.8 Å². The Hall–Kier alpha value is -4.62. The van der Waals surface area contributed by atoms with Gasteiger partial charge in [-0.05, 0) is 55.0 Å². The predicted octanol–water partition coefficient (Wildman–Crippen LogP) is 5.15. The second-order valence-corrected chi connectivity index (χ2v) is 13.0. The highest BCUT2D eigenvalue weighted by Gasteiger charge is 2.34. The van der Waals surface area contributed by atoms with E-state index in [1.165, 1.54) is 22.8 Å². The van der Waals surface area contributed by atoms with Crippen molar-refractivity contribution in [1.82, 2.24) is 14.5 Å². The van der Waals surface area contributed by atoms with Crippen LogP contribution < -0.4 is 20.5 Å². The topological polar surface area (TPSA) is 150 Å². The number of nitrogens with zero attached hydrogens (tertiary/aromatic N) is 4. The molecule has 46 heavy (non-hydrogen) atoms. The maximum Gasteiger partial charge on any atom is 0.338 e. The fraction of sp³-hybridized carbons (Fsp3) is 0.303. The largest absolute Gasteiger partial charge is 0.463 e. The van der Waals surface area contributed by atoms with Crippen molar-refractivity contribution in [3.63, 3.8) is 0 Å². The van der Waals surface area contributed by atoms with Gasteiger partial charge in [0.05, 0.1) is 33.4 Å². The van der Waals surface area contributed by atoms with Gasteiger partial charge in [-0.2, -0.15) is 0 Å². The number of nitro benzene ring substituents is 1. The van der Waals surface area contributed by atoms with E-state index in [1.54, 1.807) is 26.0 Å². The van der Waals surface area contributed by atoms with E-state index in [0.717, 1.165) is 40.6 Å². The fourth-order valence-corrected chi connectivity index (χ4v) is 7.13. The summed E-state index contributed by atoms with van der Waals surface area (Å²) in [6, 6.07) is 12.7. The van der Waals surface area contributed by atoms with E-state index in [0.29, 0.717) is 49.7 Å². The van der Waals surface area contributed by atoms with Crippen LogP contribution in [0.1, 0.15) is 74.9 Å². The molecule has 0 amide bonds. The highest BCUT2D eigenvalue weighted by atomic mass is 32.2. The highest BCUT2D eigenvalue weighted by molar-refractivity contribution is 7.99. The van der Waals surface area contributed by atoms with E-state index in [-0.39, 0.29) is 22.4 Å². The highest BCUT2D eigenvalue weighted by Crippen LogP contribution is 2.34. The lowest BCUT2D eigenvalue weighted by Gasteiger charge is -2.26. The summed E-state index contributed by atoms with van der Waals surface area (Å²) in [6.07, 6.45) is 2.81. The van der Waals surface area contributed by atoms with Gasteiger partial charge in [-0.15, -0.1) is 0 Å². The number of hydrogen-bond acceptors (Lipinski definition) is 10. The van der Waals surface area contributed by atoms with Crippen molar-refractivity contribution in [2.75, 3.05) is 6.61 Å². The Morgan fingerprint density at radius 3 is 2.54 bits per heavy atom. The Bertz CT molecular complexity index is 2090. The van der Waals surface area contributed by atoms with Crippen molar-refractivity contribution in [2.45, 2.75) is 69.5 Å². The van der Waals surface area contributed by atoms with Crippen LogP contribution in [0.3, 0.4) is 0 Å². The van der Waals surface area contributed by atoms with Crippen LogP contribution in [0.15, 0.2) is 84.4 Å². The van der Waals surface area contributed by atoms with E-state index in [9.17, 15) is 24.5 Å². The van der Waals surface area contributed by atoms with Crippen LogP contribution in [0.2, 0.25) is 0 Å². The normalized spacial score (nSPS) is 14.7. The van der Waals surface area contributed by atoms with Crippen LogP contribution in [0.4, 0.5) is 5.69 Å². The molecule has 0 unspecified atom stereocenters. The number of H-pyrrole nitrogens is 1. The number of nitro groups is 1. The second-order valence-electron chi connectivity index (χ2n) is 11.0. The van der Waals surface area contributed by atoms with Gasteiger partial charge in [0.25, 0.3) is 16.8 Å². The molecule has 238 valence electrons. The van der Waals surface area contributed by atoms with Crippen molar-refractivity contribution in [3.8, 4) is 0 Å². The molecule has 13 heteroatoms. The smallest absolute Gasteiger partial charge is 0.338 e. The zero-order chi connectivity index (χ0) is 33.1. The predicted molar refractivity (Wildman–Crippen MR) is 177 cm³/mol. The maximum atomic E-state index is 14.3. The van der Waals surface area contributed by atoms with Crippen molar-refractivity contribution in [2.24, 2.45) is 4.99 Å². The molecule has 2 aromatic heterocycles. The summed E-state index contributed by atoms with van der Waals surface area (Å²) in [5.74, 6) is -0.236. The number of carbonyl (C=O) groups is 1. The minimum atomic E-state index is -0.777. The van der Waals surface area contributed by atoms with E-state index in [4.69, 9.17) is 9.73 Å². The Kier molecular flexibility index (Phi) is 9.82. The number of non-ortho nitro benzene ring substituents is 1. The number of thiazole rings is 1. The summed E-state index contributed by atoms with van der Waals surface area (Å²) >= 11 is 2.27. The van der Waals surface area contributed by atoms with Gasteiger partial charge in [-0.3, -0.25) is 24.3 Å². The van der Waals surface area contributed by atoms with Gasteiger partial charge >= 0.3 is 5.97 Å². The van der Waals surface area contributed by atoms with Gasteiger partial charge in [-0.25, -0.2) is 14.8 Å². The zero-order valence-electron chi connectivity index (χ0n) is 26.0. The first-order valence-corrected chi connectivity index (χ1v) is 16.5. The van der Waals surface area contributed by atoms with Crippen molar-refractivity contribution in [1.29, 1.82) is 0 Å². The van der Waals surface area contributed by atoms with Gasteiger partial charge in [0.1, 0.15) is 0 Å². The van der Waals surface area contributed by atoms with Crippen LogP contribution >= 0.6 is 23.1 Å². The lowest BCUT2D eigenvalue weighted by atomic mass is 9.92. The molecule has 3 heterocycles. The first-order chi connectivity index (χ1) is 22.0. The SMILES string of the molecule is CCCC1=C(C(=O)OCC)[C@H](c2ccc(C(C)C)cc2)n2c(s/c(=C/c3cc([N+](=O)[O-])ccc3Sc3nc(C)cc(=O)[nH]3)c2=O)=N1. The third-order valence-corrected chi connectivity index (χ3v) is 9.32. The Labute approximate surface area is 272 Å². The average molecular weight is 660 g/mol. The van der Waals surface area contributed by atoms with Gasteiger partial charge in [0.2, 0.25) is 0 Å². The molecule has 0 saturated heterocycles. The first kappa shape index (κ1) is 32.8. The summed E-state index contributed by atoms with van der Waals surface area (Å²) in [7, 11) is 0. The second kappa shape index (κ2) is 13.8. The number of aromatic nitrogens is 3. The number of nitrogens with one attached hydrogen (secondary N) is 1. The molecular weight excluding hydrogens is 627 g/mol. The van der Waals surface area contributed by atoms with Crippen LogP contribution in [-0.2, 0) is 9.53 Å². The quantitative estimate of drug-likeness (QED) is 0.106. The molecule has 0 saturated carbocycles. The number of carbonyl (C=O) groups excluding carboxylic acids is 1. The number of aromatic amines is 1. The molecule has 1 aliphatic rings. The van der Waals surface area contributed by atoms with E-state index in [1.807, 2.05) is 31.2 Å². The summed E-state index contributed by atoms with van der Waals surface area (Å²) in [6.45, 7) is 9.77. The lowest BCUT2D eigenvalue weighted by molar-refractivity contribution is -0.384. The molecule has 0 fully saturated rings. The number of rotatable bonds is 10. The molecule has 1 aliphatic heterocycles. The number of allylic oxidation sites excluding steroid dienone is 1. The average Bonchev–Trinajstić information content (AvgIpc) is 3.31. The van der Waals surface area contributed by atoms with Crippen LogP contribution in [-0.4, -0.2) is 32.0 Å². The third-order valence-electron chi connectivity index (χ3n) is 7.36. The zero-order valence-corrected chi connectivity index (χ0v) is 27.7. The molecule has 0 bridgehead atoms. The maximum absolute atomic E-state index is 14.3. The fourth-order valence-electron chi connectivity index (χ4n) is 5.20. The van der Waals surface area contributed by atoms with Gasteiger partial charge in [0.15, 0.2) is 9.96 Å². The molecule has 0 radical (unpaired) electrons. The minimum Gasteiger partial charge on any atom is -0.463 e. The van der Waals surface area contributed by atoms with Crippen molar-refractivity contribution < 1.29 is 14.5 Å². The molecule has 0 aliphatic carbocycles. The summed E-state index contributed by atoms with van der Waals surface area (Å²) in [4.78, 5) is 63.8. The van der Waals surface area contributed by atoms with Crippen molar-refractivity contribution in [3.05, 3.63) is 122 Å². The molecule has 11 nitrogen and oxygen atoms in total. The first-order valence-electron chi connectivity index (χ1n) is 14.9. The van der Waals surface area contributed by atoms with E-state index < -0.39 is 22.5 Å². The monoisotopic (exact) mass is 659 g/mol. The number of hydrogen-bond donors (Lipinski definition) is 1.